The van der Waals surface area contributed by atoms with Crippen molar-refractivity contribution in [3.8, 4) is 11.5 Å². The lowest BCUT2D eigenvalue weighted by Crippen LogP contribution is -2.32. The van der Waals surface area contributed by atoms with Crippen molar-refractivity contribution in [1.29, 1.82) is 0 Å². The molecule has 1 amide bonds. The highest BCUT2D eigenvalue weighted by Gasteiger charge is 2.19. The summed E-state index contributed by atoms with van der Waals surface area (Å²) in [6.45, 7) is 2.26. The molecule has 0 saturated carbocycles. The fourth-order valence-electron chi connectivity index (χ4n) is 2.43. The SMILES string of the molecule is COc1cccc(CCN)c1OCC(=O)N1CCCC1. The number of nitrogens with zero attached hydrogens (tertiary/aromatic N) is 1. The Morgan fingerprint density at radius 1 is 1.35 bits per heavy atom. The summed E-state index contributed by atoms with van der Waals surface area (Å²) in [5, 5.41) is 0. The second kappa shape index (κ2) is 7.14. The van der Waals surface area contributed by atoms with Crippen molar-refractivity contribution in [2.45, 2.75) is 19.3 Å². The third-order valence-electron chi connectivity index (χ3n) is 3.49. The molecule has 0 aromatic heterocycles. The summed E-state index contributed by atoms with van der Waals surface area (Å²) < 4.78 is 11.0. The zero-order valence-corrected chi connectivity index (χ0v) is 11.9. The minimum absolute atomic E-state index is 0.0344. The molecule has 1 aliphatic heterocycles. The molecule has 2 N–H and O–H groups in total. The summed E-state index contributed by atoms with van der Waals surface area (Å²) in [5.74, 6) is 1.31. The highest BCUT2D eigenvalue weighted by Crippen LogP contribution is 2.31. The Morgan fingerprint density at radius 2 is 2.10 bits per heavy atom. The molecular formula is C15H22N2O3. The maximum atomic E-state index is 12.0. The predicted molar refractivity (Wildman–Crippen MR) is 77.1 cm³/mol. The summed E-state index contributed by atoms with van der Waals surface area (Å²) in [6.07, 6.45) is 2.86. The van der Waals surface area contributed by atoms with E-state index in [0.29, 0.717) is 24.5 Å². The number of nitrogens with two attached hydrogens (primary N) is 1. The Labute approximate surface area is 119 Å². The Balaban J connectivity index is 2.05. The Morgan fingerprint density at radius 3 is 2.75 bits per heavy atom. The number of carbonyl (C=O) groups is 1. The van der Waals surface area contributed by atoms with Gasteiger partial charge in [0, 0.05) is 13.1 Å². The van der Waals surface area contributed by atoms with E-state index in [1.54, 1.807) is 7.11 Å². The number of hydrogen-bond donors (Lipinski definition) is 1. The minimum Gasteiger partial charge on any atom is -0.493 e. The van der Waals surface area contributed by atoms with E-state index in [1.807, 2.05) is 23.1 Å². The third kappa shape index (κ3) is 3.42. The van der Waals surface area contributed by atoms with Gasteiger partial charge in [-0.25, -0.2) is 0 Å². The van der Waals surface area contributed by atoms with Crippen LogP contribution in [0.25, 0.3) is 0 Å². The van der Waals surface area contributed by atoms with Gasteiger partial charge in [-0.05, 0) is 37.4 Å². The van der Waals surface area contributed by atoms with Crippen LogP contribution in [0.4, 0.5) is 0 Å². The average molecular weight is 278 g/mol. The molecule has 1 aliphatic rings. The van der Waals surface area contributed by atoms with Crippen LogP contribution < -0.4 is 15.2 Å². The van der Waals surface area contributed by atoms with Gasteiger partial charge in [-0.2, -0.15) is 0 Å². The number of benzene rings is 1. The third-order valence-corrected chi connectivity index (χ3v) is 3.49. The smallest absolute Gasteiger partial charge is 0.260 e. The highest BCUT2D eigenvalue weighted by atomic mass is 16.5. The van der Waals surface area contributed by atoms with Gasteiger partial charge in [0.05, 0.1) is 7.11 Å². The van der Waals surface area contributed by atoms with Gasteiger partial charge in [0.1, 0.15) is 0 Å². The first-order chi connectivity index (χ1) is 9.76. The van der Waals surface area contributed by atoms with Gasteiger partial charge >= 0.3 is 0 Å². The summed E-state index contributed by atoms with van der Waals surface area (Å²) in [4.78, 5) is 13.9. The first kappa shape index (κ1) is 14.7. The molecule has 1 heterocycles. The van der Waals surface area contributed by atoms with Crippen LogP contribution in [-0.2, 0) is 11.2 Å². The topological polar surface area (TPSA) is 64.8 Å². The molecule has 110 valence electrons. The van der Waals surface area contributed by atoms with Crippen molar-refractivity contribution in [2.75, 3.05) is 33.4 Å². The van der Waals surface area contributed by atoms with E-state index in [0.717, 1.165) is 31.5 Å². The van der Waals surface area contributed by atoms with Gasteiger partial charge in [0.2, 0.25) is 0 Å². The number of hydrogen-bond acceptors (Lipinski definition) is 4. The minimum atomic E-state index is 0.0344. The molecule has 20 heavy (non-hydrogen) atoms. The van der Waals surface area contributed by atoms with Crippen LogP contribution in [0.3, 0.4) is 0 Å². The zero-order valence-electron chi connectivity index (χ0n) is 11.9. The summed E-state index contributed by atoms with van der Waals surface area (Å²) >= 11 is 0. The zero-order chi connectivity index (χ0) is 14.4. The number of rotatable bonds is 6. The number of amides is 1. The number of likely N-dealkylation sites (tertiary alicyclic amines) is 1. The van der Waals surface area contributed by atoms with Crippen LogP contribution in [0.5, 0.6) is 11.5 Å². The molecule has 5 nitrogen and oxygen atoms in total. The van der Waals surface area contributed by atoms with Crippen molar-refractivity contribution < 1.29 is 14.3 Å². The fourth-order valence-corrected chi connectivity index (χ4v) is 2.43. The monoisotopic (exact) mass is 278 g/mol. The van der Waals surface area contributed by atoms with Crippen molar-refractivity contribution in [1.82, 2.24) is 4.90 Å². The van der Waals surface area contributed by atoms with E-state index in [9.17, 15) is 4.79 Å². The lowest BCUT2D eigenvalue weighted by Gasteiger charge is -2.18. The molecule has 1 saturated heterocycles. The van der Waals surface area contributed by atoms with Gasteiger partial charge in [-0.1, -0.05) is 12.1 Å². The Hall–Kier alpha value is -1.75. The van der Waals surface area contributed by atoms with Crippen LogP contribution in [0.15, 0.2) is 18.2 Å². The molecule has 1 aromatic rings. The quantitative estimate of drug-likeness (QED) is 0.849. The van der Waals surface area contributed by atoms with Crippen LogP contribution in [0.1, 0.15) is 18.4 Å². The molecule has 1 fully saturated rings. The number of ether oxygens (including phenoxy) is 2. The molecular weight excluding hydrogens is 256 g/mol. The van der Waals surface area contributed by atoms with E-state index >= 15 is 0 Å². The molecule has 0 atom stereocenters. The second-order valence-electron chi connectivity index (χ2n) is 4.86. The molecule has 5 heteroatoms. The van der Waals surface area contributed by atoms with Gasteiger partial charge in [0.25, 0.3) is 5.91 Å². The van der Waals surface area contributed by atoms with Gasteiger partial charge in [-0.15, -0.1) is 0 Å². The number of methoxy groups -OCH3 is 1. The van der Waals surface area contributed by atoms with E-state index in [4.69, 9.17) is 15.2 Å². The second-order valence-corrected chi connectivity index (χ2v) is 4.86. The maximum Gasteiger partial charge on any atom is 0.260 e. The summed E-state index contributed by atoms with van der Waals surface area (Å²) in [7, 11) is 1.59. The van der Waals surface area contributed by atoms with Crippen molar-refractivity contribution in [3.05, 3.63) is 23.8 Å². The molecule has 2 rings (SSSR count). The molecule has 0 bridgehead atoms. The lowest BCUT2D eigenvalue weighted by molar-refractivity contribution is -0.132. The molecule has 0 aliphatic carbocycles. The normalized spacial score (nSPS) is 14.4. The van der Waals surface area contributed by atoms with Crippen LogP contribution in [0, 0.1) is 0 Å². The van der Waals surface area contributed by atoms with Crippen LogP contribution in [-0.4, -0.2) is 44.2 Å². The Bertz CT molecular complexity index is 456. The van der Waals surface area contributed by atoms with Crippen molar-refractivity contribution in [3.63, 3.8) is 0 Å². The molecule has 0 spiro atoms. The summed E-state index contributed by atoms with van der Waals surface area (Å²) in [5.41, 5.74) is 6.58. The Kier molecular flexibility index (Phi) is 5.24. The lowest BCUT2D eigenvalue weighted by atomic mass is 10.1. The number of carbonyl (C=O) groups excluding carboxylic acids is 1. The van der Waals surface area contributed by atoms with Crippen LogP contribution >= 0.6 is 0 Å². The van der Waals surface area contributed by atoms with E-state index in [2.05, 4.69) is 0 Å². The highest BCUT2D eigenvalue weighted by molar-refractivity contribution is 5.78. The largest absolute Gasteiger partial charge is 0.493 e. The molecule has 0 radical (unpaired) electrons. The van der Waals surface area contributed by atoms with Crippen molar-refractivity contribution >= 4 is 5.91 Å². The molecule has 1 aromatic carbocycles. The van der Waals surface area contributed by atoms with Gasteiger partial charge < -0.3 is 20.1 Å². The van der Waals surface area contributed by atoms with E-state index < -0.39 is 0 Å². The van der Waals surface area contributed by atoms with Crippen LogP contribution in [0.2, 0.25) is 0 Å². The standard InChI is InChI=1S/C15H22N2O3/c1-19-13-6-4-5-12(7-8-16)15(13)20-11-14(18)17-9-2-3-10-17/h4-6H,2-3,7-11,16H2,1H3. The average Bonchev–Trinajstić information content (AvgIpc) is 3.00. The number of para-hydroxylation sites is 1. The maximum absolute atomic E-state index is 12.0. The van der Waals surface area contributed by atoms with Gasteiger partial charge in [-0.3, -0.25) is 4.79 Å². The first-order valence-corrected chi connectivity index (χ1v) is 7.02. The molecule has 0 unspecified atom stereocenters. The predicted octanol–water partition coefficient (Wildman–Crippen LogP) is 1.20. The van der Waals surface area contributed by atoms with E-state index in [1.165, 1.54) is 0 Å². The first-order valence-electron chi connectivity index (χ1n) is 7.02. The van der Waals surface area contributed by atoms with E-state index in [-0.39, 0.29) is 12.5 Å². The van der Waals surface area contributed by atoms with Crippen molar-refractivity contribution in [2.24, 2.45) is 5.73 Å². The van der Waals surface area contributed by atoms with Gasteiger partial charge in [0.15, 0.2) is 18.1 Å². The fraction of sp³-hybridized carbons (Fsp3) is 0.533. The summed E-state index contributed by atoms with van der Waals surface area (Å²) in [6, 6.07) is 5.68.